The molecule has 2 N–H and O–H groups in total. The van der Waals surface area contributed by atoms with E-state index >= 15 is 0 Å². The van der Waals surface area contributed by atoms with E-state index in [9.17, 15) is 4.79 Å². The summed E-state index contributed by atoms with van der Waals surface area (Å²) >= 11 is 0. The van der Waals surface area contributed by atoms with Crippen LogP contribution in [0.1, 0.15) is 51.9 Å². The average Bonchev–Trinajstić information content (AvgIpc) is 2.41. The maximum Gasteiger partial charge on any atom is 0.225 e. The van der Waals surface area contributed by atoms with E-state index < -0.39 is 0 Å². The van der Waals surface area contributed by atoms with E-state index in [1.165, 1.54) is 24.8 Å². The minimum absolute atomic E-state index is 0.0965. The second-order valence-electron chi connectivity index (χ2n) is 5.94. The van der Waals surface area contributed by atoms with Crippen molar-refractivity contribution in [1.29, 1.82) is 0 Å². The Morgan fingerprint density at radius 3 is 2.83 bits per heavy atom. The van der Waals surface area contributed by atoms with Crippen LogP contribution in [0, 0.1) is 5.41 Å². The molecule has 0 spiro atoms. The van der Waals surface area contributed by atoms with E-state index in [1.54, 1.807) is 0 Å². The van der Waals surface area contributed by atoms with E-state index in [0.29, 0.717) is 0 Å². The van der Waals surface area contributed by atoms with Gasteiger partial charge in [0.1, 0.15) is 0 Å². The highest BCUT2D eigenvalue weighted by atomic mass is 16.2. The normalized spacial score (nSPS) is 23.3. The monoisotopic (exact) mass is 250 g/mol. The first kappa shape index (κ1) is 13.6. The second kappa shape index (κ2) is 6.37. The molecule has 0 radical (unpaired) electrons. The van der Waals surface area contributed by atoms with Crippen molar-refractivity contribution in [3.63, 3.8) is 0 Å². The Morgan fingerprint density at radius 2 is 2.17 bits per heavy atom. The summed E-state index contributed by atoms with van der Waals surface area (Å²) in [7, 11) is 0. The minimum Gasteiger partial charge on any atom is -0.355 e. The molecule has 0 atom stereocenters. The van der Waals surface area contributed by atoms with Crippen molar-refractivity contribution in [3.8, 4) is 0 Å². The maximum absolute atomic E-state index is 12.2. The highest BCUT2D eigenvalue weighted by Crippen LogP contribution is 2.35. The molecule has 1 aliphatic heterocycles. The summed E-state index contributed by atoms with van der Waals surface area (Å²) in [6.45, 7) is 5.00. The third kappa shape index (κ3) is 3.58. The van der Waals surface area contributed by atoms with Crippen LogP contribution in [0.3, 0.4) is 0 Å². The molecule has 1 heterocycles. The summed E-state index contributed by atoms with van der Waals surface area (Å²) in [4.78, 5) is 12.2. The Labute approximate surface area is 110 Å². The molecule has 0 aromatic rings. The van der Waals surface area contributed by atoms with Gasteiger partial charge in [-0.3, -0.25) is 4.79 Å². The van der Waals surface area contributed by atoms with Gasteiger partial charge in [-0.15, -0.1) is 0 Å². The Bertz CT molecular complexity index is 316. The van der Waals surface area contributed by atoms with Crippen LogP contribution >= 0.6 is 0 Å². The third-order valence-electron chi connectivity index (χ3n) is 4.39. The Kier molecular flexibility index (Phi) is 4.81. The van der Waals surface area contributed by atoms with Crippen LogP contribution in [-0.4, -0.2) is 25.5 Å². The predicted octanol–water partition coefficient (Wildman–Crippen LogP) is 2.38. The van der Waals surface area contributed by atoms with Gasteiger partial charge in [-0.05, 0) is 32.2 Å². The first-order valence-corrected chi connectivity index (χ1v) is 7.38. The quantitative estimate of drug-likeness (QED) is 0.752. The van der Waals surface area contributed by atoms with E-state index in [4.69, 9.17) is 0 Å². The zero-order valence-electron chi connectivity index (χ0n) is 11.6. The van der Waals surface area contributed by atoms with E-state index in [0.717, 1.165) is 45.3 Å². The number of hydrogen-bond acceptors (Lipinski definition) is 2. The number of amides is 1. The molecule has 0 saturated heterocycles. The third-order valence-corrected chi connectivity index (χ3v) is 4.39. The van der Waals surface area contributed by atoms with Gasteiger partial charge in [0.05, 0.1) is 0 Å². The van der Waals surface area contributed by atoms with Crippen LogP contribution in [0.2, 0.25) is 0 Å². The van der Waals surface area contributed by atoms with Gasteiger partial charge < -0.3 is 10.6 Å². The molecular weight excluding hydrogens is 224 g/mol. The molecule has 102 valence electrons. The highest BCUT2D eigenvalue weighted by molar-refractivity contribution is 5.82. The van der Waals surface area contributed by atoms with Crippen molar-refractivity contribution in [3.05, 3.63) is 11.6 Å². The average molecular weight is 250 g/mol. The summed E-state index contributed by atoms with van der Waals surface area (Å²) < 4.78 is 0. The van der Waals surface area contributed by atoms with Gasteiger partial charge in [-0.25, -0.2) is 0 Å². The van der Waals surface area contributed by atoms with Crippen LogP contribution < -0.4 is 10.6 Å². The number of nitrogens with one attached hydrogen (secondary N) is 2. The van der Waals surface area contributed by atoms with Crippen LogP contribution in [0.25, 0.3) is 0 Å². The first-order valence-electron chi connectivity index (χ1n) is 7.38. The predicted molar refractivity (Wildman–Crippen MR) is 74.4 cm³/mol. The van der Waals surface area contributed by atoms with Crippen LogP contribution in [0.4, 0.5) is 0 Å². The minimum atomic E-state index is -0.0965. The molecule has 2 aliphatic rings. The molecule has 2 rings (SSSR count). The standard InChI is InChI=1S/C15H26N2O/c1-15(8-3-2-4-9-15)14(18)17-12-7-13-5-10-16-11-6-13/h5,16H,2-4,6-12H2,1H3,(H,17,18). The number of carbonyl (C=O) groups is 1. The number of hydrogen-bond donors (Lipinski definition) is 2. The molecule has 1 aliphatic carbocycles. The summed E-state index contributed by atoms with van der Waals surface area (Å²) in [6.07, 6.45) is 10.2. The molecule has 1 fully saturated rings. The molecule has 1 saturated carbocycles. The lowest BCUT2D eigenvalue weighted by molar-refractivity contribution is -0.131. The van der Waals surface area contributed by atoms with Crippen molar-refractivity contribution >= 4 is 5.91 Å². The number of rotatable bonds is 4. The molecule has 1 amide bonds. The van der Waals surface area contributed by atoms with Crippen molar-refractivity contribution in [2.75, 3.05) is 19.6 Å². The molecule has 0 aromatic heterocycles. The first-order chi connectivity index (χ1) is 8.71. The van der Waals surface area contributed by atoms with Crippen molar-refractivity contribution in [2.24, 2.45) is 5.41 Å². The Morgan fingerprint density at radius 1 is 1.39 bits per heavy atom. The second-order valence-corrected chi connectivity index (χ2v) is 5.94. The van der Waals surface area contributed by atoms with Gasteiger partial charge in [0.15, 0.2) is 0 Å². The lowest BCUT2D eigenvalue weighted by atomic mass is 9.75. The summed E-state index contributed by atoms with van der Waals surface area (Å²) in [5.74, 6) is 0.275. The fourth-order valence-corrected chi connectivity index (χ4v) is 3.01. The number of carbonyl (C=O) groups excluding carboxylic acids is 1. The van der Waals surface area contributed by atoms with Crippen molar-refractivity contribution in [1.82, 2.24) is 10.6 Å². The summed E-state index contributed by atoms with van der Waals surface area (Å²) in [5, 5.41) is 6.45. The van der Waals surface area contributed by atoms with Gasteiger partial charge in [-0.2, -0.15) is 0 Å². The fourth-order valence-electron chi connectivity index (χ4n) is 3.01. The molecule has 3 nitrogen and oxygen atoms in total. The summed E-state index contributed by atoms with van der Waals surface area (Å²) in [6, 6.07) is 0. The Hall–Kier alpha value is -0.830. The van der Waals surface area contributed by atoms with Gasteiger partial charge >= 0.3 is 0 Å². The van der Waals surface area contributed by atoms with Gasteiger partial charge in [0, 0.05) is 18.5 Å². The van der Waals surface area contributed by atoms with Crippen molar-refractivity contribution < 1.29 is 4.79 Å². The van der Waals surface area contributed by atoms with Gasteiger partial charge in [-0.1, -0.05) is 37.8 Å². The lowest BCUT2D eigenvalue weighted by Gasteiger charge is -2.32. The van der Waals surface area contributed by atoms with E-state index in [1.807, 2.05) is 0 Å². The zero-order chi connectivity index (χ0) is 12.8. The maximum atomic E-state index is 12.2. The topological polar surface area (TPSA) is 41.1 Å². The van der Waals surface area contributed by atoms with Crippen LogP contribution in [0.15, 0.2) is 11.6 Å². The van der Waals surface area contributed by atoms with Gasteiger partial charge in [0.25, 0.3) is 0 Å². The van der Waals surface area contributed by atoms with E-state index in [-0.39, 0.29) is 11.3 Å². The van der Waals surface area contributed by atoms with E-state index in [2.05, 4.69) is 23.6 Å². The molecule has 3 heteroatoms. The van der Waals surface area contributed by atoms with Crippen LogP contribution in [-0.2, 0) is 4.79 Å². The molecular formula is C15H26N2O. The summed E-state index contributed by atoms with van der Waals surface area (Å²) in [5.41, 5.74) is 1.39. The van der Waals surface area contributed by atoms with Crippen molar-refractivity contribution in [2.45, 2.75) is 51.9 Å². The fraction of sp³-hybridized carbons (Fsp3) is 0.800. The van der Waals surface area contributed by atoms with Gasteiger partial charge in [0.2, 0.25) is 5.91 Å². The van der Waals surface area contributed by atoms with Crippen LogP contribution in [0.5, 0.6) is 0 Å². The highest BCUT2D eigenvalue weighted by Gasteiger charge is 2.33. The molecule has 0 aromatic carbocycles. The lowest BCUT2D eigenvalue weighted by Crippen LogP contribution is -2.40. The smallest absolute Gasteiger partial charge is 0.225 e. The zero-order valence-corrected chi connectivity index (χ0v) is 11.6. The molecule has 0 bridgehead atoms. The Balaban J connectivity index is 1.72. The molecule has 18 heavy (non-hydrogen) atoms. The molecule has 0 unspecified atom stereocenters. The largest absolute Gasteiger partial charge is 0.355 e. The SMILES string of the molecule is CC1(C(=O)NCCC2=CCNCC2)CCCCC1.